The van der Waals surface area contributed by atoms with Crippen LogP contribution in [0.3, 0.4) is 0 Å². The summed E-state index contributed by atoms with van der Waals surface area (Å²) in [5, 5.41) is 0. The lowest BCUT2D eigenvalue weighted by Gasteiger charge is -2.46. The smallest absolute Gasteiger partial charge is 0.0732 e. The maximum absolute atomic E-state index is 6.02. The fourth-order valence-electron chi connectivity index (χ4n) is 4.99. The summed E-state index contributed by atoms with van der Waals surface area (Å²) in [5.41, 5.74) is 0. The van der Waals surface area contributed by atoms with Gasteiger partial charge >= 0.3 is 0 Å². The van der Waals surface area contributed by atoms with Gasteiger partial charge in [0, 0.05) is 26.2 Å². The average Bonchev–Trinajstić information content (AvgIpc) is 3.10. The first-order chi connectivity index (χ1) is 9.83. The molecule has 0 amide bonds. The molecule has 3 nitrogen and oxygen atoms in total. The first kappa shape index (κ1) is 13.3. The van der Waals surface area contributed by atoms with Gasteiger partial charge in [0.25, 0.3) is 0 Å². The topological polar surface area (TPSA) is 21.7 Å². The molecular weight excluding hydrogens is 250 g/mol. The van der Waals surface area contributed by atoms with Crippen molar-refractivity contribution in [1.29, 1.82) is 0 Å². The summed E-state index contributed by atoms with van der Waals surface area (Å²) in [4.78, 5) is 2.73. The third-order valence-electron chi connectivity index (χ3n) is 6.10. The van der Waals surface area contributed by atoms with Crippen LogP contribution >= 0.6 is 0 Å². The Morgan fingerprint density at radius 2 is 2.15 bits per heavy atom. The van der Waals surface area contributed by atoms with Crippen molar-refractivity contribution in [2.75, 3.05) is 26.8 Å². The summed E-state index contributed by atoms with van der Waals surface area (Å²) in [6.45, 7) is 3.33. The van der Waals surface area contributed by atoms with Crippen molar-refractivity contribution >= 4 is 0 Å². The average molecular weight is 277 g/mol. The van der Waals surface area contributed by atoms with Gasteiger partial charge < -0.3 is 9.47 Å². The molecule has 0 radical (unpaired) electrons. The summed E-state index contributed by atoms with van der Waals surface area (Å²) in [6.07, 6.45) is 12.2. The van der Waals surface area contributed by atoms with Crippen molar-refractivity contribution < 1.29 is 9.47 Å². The van der Waals surface area contributed by atoms with Gasteiger partial charge in [-0.3, -0.25) is 4.90 Å². The van der Waals surface area contributed by atoms with Crippen LogP contribution in [-0.4, -0.2) is 50.0 Å². The minimum atomic E-state index is 0.445. The molecule has 2 saturated carbocycles. The Hall–Kier alpha value is -0.380. The molecule has 6 atom stereocenters. The predicted octanol–water partition coefficient (Wildman–Crippen LogP) is 2.47. The SMILES string of the molecule is CO[C@@H]1CC[C@@H]2OCCN(C[C@@H]3C[C@H]4C=C[C@H]3C4)[C@H]2C1. The van der Waals surface area contributed by atoms with Crippen LogP contribution in [0, 0.1) is 17.8 Å². The van der Waals surface area contributed by atoms with Gasteiger partial charge in [0.05, 0.1) is 18.8 Å². The Labute approximate surface area is 122 Å². The van der Waals surface area contributed by atoms with Gasteiger partial charge in [0.1, 0.15) is 0 Å². The maximum Gasteiger partial charge on any atom is 0.0732 e. The van der Waals surface area contributed by atoms with Gasteiger partial charge in [0.15, 0.2) is 0 Å². The predicted molar refractivity (Wildman–Crippen MR) is 78.6 cm³/mol. The Kier molecular flexibility index (Phi) is 3.61. The molecule has 20 heavy (non-hydrogen) atoms. The van der Waals surface area contributed by atoms with Crippen LogP contribution in [0.1, 0.15) is 32.1 Å². The second-order valence-corrected chi connectivity index (χ2v) is 7.18. The molecule has 2 bridgehead atoms. The van der Waals surface area contributed by atoms with Crippen LogP contribution in [0.25, 0.3) is 0 Å². The highest BCUT2D eigenvalue weighted by molar-refractivity contribution is 5.10. The number of morpholine rings is 1. The Morgan fingerprint density at radius 3 is 2.90 bits per heavy atom. The number of nitrogens with zero attached hydrogens (tertiary/aromatic N) is 1. The van der Waals surface area contributed by atoms with Crippen molar-refractivity contribution in [2.24, 2.45) is 17.8 Å². The largest absolute Gasteiger partial charge is 0.381 e. The van der Waals surface area contributed by atoms with Gasteiger partial charge in [-0.2, -0.15) is 0 Å². The van der Waals surface area contributed by atoms with Crippen LogP contribution in [-0.2, 0) is 9.47 Å². The third-order valence-corrected chi connectivity index (χ3v) is 6.10. The molecular formula is C17H27NO2. The van der Waals surface area contributed by atoms with E-state index in [-0.39, 0.29) is 0 Å². The molecule has 0 aromatic rings. The molecule has 4 rings (SSSR count). The zero-order valence-electron chi connectivity index (χ0n) is 12.5. The fourth-order valence-corrected chi connectivity index (χ4v) is 4.99. The van der Waals surface area contributed by atoms with Crippen LogP contribution in [0.4, 0.5) is 0 Å². The van der Waals surface area contributed by atoms with Gasteiger partial charge in [-0.05, 0) is 49.9 Å². The minimum absolute atomic E-state index is 0.445. The zero-order valence-corrected chi connectivity index (χ0v) is 12.5. The van der Waals surface area contributed by atoms with Gasteiger partial charge in [0.2, 0.25) is 0 Å². The summed E-state index contributed by atoms with van der Waals surface area (Å²) in [7, 11) is 1.86. The summed E-state index contributed by atoms with van der Waals surface area (Å²) < 4.78 is 11.6. The molecule has 1 heterocycles. The summed E-state index contributed by atoms with van der Waals surface area (Å²) in [6, 6.07) is 0.602. The second-order valence-electron chi connectivity index (χ2n) is 7.18. The molecule has 3 aliphatic carbocycles. The third kappa shape index (κ3) is 2.34. The first-order valence-corrected chi connectivity index (χ1v) is 8.40. The van der Waals surface area contributed by atoms with Gasteiger partial charge in [-0.25, -0.2) is 0 Å². The van der Waals surface area contributed by atoms with Crippen molar-refractivity contribution in [1.82, 2.24) is 4.90 Å². The van der Waals surface area contributed by atoms with E-state index in [1.54, 1.807) is 0 Å². The van der Waals surface area contributed by atoms with Crippen molar-refractivity contribution in [2.45, 2.75) is 50.4 Å². The summed E-state index contributed by atoms with van der Waals surface area (Å²) in [5.74, 6) is 2.65. The van der Waals surface area contributed by atoms with E-state index in [0.717, 1.165) is 37.3 Å². The van der Waals surface area contributed by atoms with Crippen LogP contribution in [0.5, 0.6) is 0 Å². The van der Waals surface area contributed by atoms with Crippen LogP contribution in [0.2, 0.25) is 0 Å². The van der Waals surface area contributed by atoms with E-state index in [4.69, 9.17) is 9.47 Å². The highest BCUT2D eigenvalue weighted by atomic mass is 16.5. The van der Waals surface area contributed by atoms with Crippen molar-refractivity contribution in [3.05, 3.63) is 12.2 Å². The molecule has 3 fully saturated rings. The second kappa shape index (κ2) is 5.43. The van der Waals surface area contributed by atoms with Crippen LogP contribution in [0.15, 0.2) is 12.2 Å². The van der Waals surface area contributed by atoms with E-state index in [9.17, 15) is 0 Å². The number of fused-ring (bicyclic) bond motifs is 3. The van der Waals surface area contributed by atoms with E-state index >= 15 is 0 Å². The fraction of sp³-hybridized carbons (Fsp3) is 0.882. The number of allylic oxidation sites excluding steroid dienone is 2. The highest BCUT2D eigenvalue weighted by Gasteiger charge is 2.41. The van der Waals surface area contributed by atoms with E-state index in [0.29, 0.717) is 18.2 Å². The van der Waals surface area contributed by atoms with E-state index in [1.165, 1.54) is 32.2 Å². The highest BCUT2D eigenvalue weighted by Crippen LogP contribution is 2.44. The summed E-state index contributed by atoms with van der Waals surface area (Å²) >= 11 is 0. The standard InChI is InChI=1S/C17H27NO2/c1-19-15-4-5-17-16(10-15)18(6-7-20-17)11-14-9-12-2-3-13(14)8-12/h2-3,12-17H,4-11H2,1H3/t12-,13-,14-,15+,16-,17-/m0/s1. The van der Waals surface area contributed by atoms with Crippen LogP contribution < -0.4 is 0 Å². The molecule has 0 unspecified atom stereocenters. The number of hydrogen-bond acceptors (Lipinski definition) is 3. The number of rotatable bonds is 3. The molecule has 0 aromatic heterocycles. The zero-order chi connectivity index (χ0) is 13.5. The quantitative estimate of drug-likeness (QED) is 0.740. The monoisotopic (exact) mass is 277 g/mol. The molecule has 0 spiro atoms. The van der Waals surface area contributed by atoms with E-state index in [2.05, 4.69) is 17.1 Å². The van der Waals surface area contributed by atoms with Crippen molar-refractivity contribution in [3.63, 3.8) is 0 Å². The molecule has 0 N–H and O–H groups in total. The lowest BCUT2D eigenvalue weighted by atomic mass is 9.86. The van der Waals surface area contributed by atoms with Crippen molar-refractivity contribution in [3.8, 4) is 0 Å². The molecule has 1 saturated heterocycles. The molecule has 1 aliphatic heterocycles. The minimum Gasteiger partial charge on any atom is -0.381 e. The Morgan fingerprint density at radius 1 is 1.20 bits per heavy atom. The molecule has 112 valence electrons. The maximum atomic E-state index is 6.02. The number of methoxy groups -OCH3 is 1. The Bertz CT molecular complexity index is 383. The van der Waals surface area contributed by atoms with E-state index in [1.807, 2.05) is 7.11 Å². The molecule has 3 heteroatoms. The molecule has 0 aromatic carbocycles. The first-order valence-electron chi connectivity index (χ1n) is 8.40. The normalized spacial score (nSPS) is 47.6. The van der Waals surface area contributed by atoms with Gasteiger partial charge in [-0.15, -0.1) is 0 Å². The lowest BCUT2D eigenvalue weighted by molar-refractivity contribution is -0.117. The van der Waals surface area contributed by atoms with E-state index < -0.39 is 0 Å². The lowest BCUT2D eigenvalue weighted by Crippen LogP contribution is -2.56. The Balaban J connectivity index is 1.42. The number of hydrogen-bond donors (Lipinski definition) is 0. The molecule has 4 aliphatic rings. The number of ether oxygens (including phenoxy) is 2. The van der Waals surface area contributed by atoms with Gasteiger partial charge in [-0.1, -0.05) is 12.2 Å².